The molecular formula is C23H26N6O6S. The van der Waals surface area contributed by atoms with E-state index in [2.05, 4.69) is 15.3 Å². The molecule has 13 heteroatoms. The summed E-state index contributed by atoms with van der Waals surface area (Å²) in [5, 5.41) is 14.9. The second-order valence-electron chi connectivity index (χ2n) is 7.46. The van der Waals surface area contributed by atoms with E-state index in [0.717, 1.165) is 6.33 Å². The van der Waals surface area contributed by atoms with E-state index in [1.165, 1.54) is 53.7 Å². The van der Waals surface area contributed by atoms with Gasteiger partial charge in [0.1, 0.15) is 6.33 Å². The van der Waals surface area contributed by atoms with Crippen molar-refractivity contribution in [1.82, 2.24) is 14.3 Å². The quantitative estimate of drug-likeness (QED) is 0.241. The van der Waals surface area contributed by atoms with Gasteiger partial charge in [0, 0.05) is 25.8 Å². The summed E-state index contributed by atoms with van der Waals surface area (Å²) in [5.41, 5.74) is 0.511. The van der Waals surface area contributed by atoms with Gasteiger partial charge in [0.2, 0.25) is 21.7 Å². The number of hydrogen-bond donors (Lipinski definition) is 1. The molecule has 36 heavy (non-hydrogen) atoms. The van der Waals surface area contributed by atoms with Crippen molar-refractivity contribution in [2.75, 3.05) is 37.5 Å². The standard InChI is InChI=1S/C23H26N6O6S/c1-5-28(6-2)36(33,34)17-13-11-16(12-14-17)26-21-20(29(31)32)22(25-15-24-21)27(3)19-10-8-7-9-18(19)23(30)35-4/h7-15H,5-6H2,1-4H3,(H,24,25,26). The molecule has 190 valence electrons. The van der Waals surface area contributed by atoms with Crippen LogP contribution in [0.1, 0.15) is 24.2 Å². The molecule has 1 N–H and O–H groups in total. The summed E-state index contributed by atoms with van der Waals surface area (Å²) in [6.07, 6.45) is 1.15. The third-order valence-corrected chi connectivity index (χ3v) is 7.50. The Bertz CT molecular complexity index is 1360. The van der Waals surface area contributed by atoms with Crippen LogP contribution in [0.5, 0.6) is 0 Å². The van der Waals surface area contributed by atoms with Crippen molar-refractivity contribution >= 4 is 44.7 Å². The first-order chi connectivity index (χ1) is 17.1. The van der Waals surface area contributed by atoms with E-state index in [4.69, 9.17) is 4.74 Å². The molecule has 0 unspecified atom stereocenters. The summed E-state index contributed by atoms with van der Waals surface area (Å²) >= 11 is 0. The second-order valence-corrected chi connectivity index (χ2v) is 9.40. The minimum Gasteiger partial charge on any atom is -0.465 e. The summed E-state index contributed by atoms with van der Waals surface area (Å²) in [6, 6.07) is 12.3. The summed E-state index contributed by atoms with van der Waals surface area (Å²) in [5.74, 6) is -0.770. The van der Waals surface area contributed by atoms with Crippen molar-refractivity contribution in [3.8, 4) is 0 Å². The number of sulfonamides is 1. The summed E-state index contributed by atoms with van der Waals surface area (Å²) in [4.78, 5) is 33.2. The lowest BCUT2D eigenvalue weighted by Gasteiger charge is -2.21. The van der Waals surface area contributed by atoms with Crippen LogP contribution in [0.3, 0.4) is 0 Å². The summed E-state index contributed by atoms with van der Waals surface area (Å²) < 4.78 is 31.6. The number of nitro groups is 1. The molecule has 0 aliphatic heterocycles. The Hall–Kier alpha value is -4.10. The second kappa shape index (κ2) is 11.1. The number of carbonyl (C=O) groups excluding carboxylic acids is 1. The number of hydrogen-bond acceptors (Lipinski definition) is 10. The lowest BCUT2D eigenvalue weighted by Crippen LogP contribution is -2.30. The molecule has 0 radical (unpaired) electrons. The maximum absolute atomic E-state index is 12.7. The number of carbonyl (C=O) groups is 1. The van der Waals surface area contributed by atoms with Crippen LogP contribution in [0.15, 0.2) is 59.8 Å². The first-order valence-corrected chi connectivity index (χ1v) is 12.4. The zero-order chi connectivity index (χ0) is 26.5. The van der Waals surface area contributed by atoms with Crippen molar-refractivity contribution in [1.29, 1.82) is 0 Å². The highest BCUT2D eigenvalue weighted by atomic mass is 32.2. The van der Waals surface area contributed by atoms with Crippen LogP contribution < -0.4 is 10.2 Å². The molecule has 0 atom stereocenters. The van der Waals surface area contributed by atoms with Crippen LogP contribution in [-0.2, 0) is 14.8 Å². The molecule has 3 aromatic rings. The van der Waals surface area contributed by atoms with E-state index in [0.29, 0.717) is 24.5 Å². The summed E-state index contributed by atoms with van der Waals surface area (Å²) in [6.45, 7) is 4.18. The molecule has 1 heterocycles. The largest absolute Gasteiger partial charge is 0.465 e. The van der Waals surface area contributed by atoms with Gasteiger partial charge >= 0.3 is 11.7 Å². The Balaban J connectivity index is 1.99. The minimum absolute atomic E-state index is 0.0606. The van der Waals surface area contributed by atoms with Crippen LogP contribution in [0.2, 0.25) is 0 Å². The van der Waals surface area contributed by atoms with Crippen LogP contribution in [0.25, 0.3) is 0 Å². The lowest BCUT2D eigenvalue weighted by atomic mass is 10.1. The highest BCUT2D eigenvalue weighted by Gasteiger charge is 2.28. The molecule has 0 bridgehead atoms. The third kappa shape index (κ3) is 5.26. The monoisotopic (exact) mass is 514 g/mol. The topological polar surface area (TPSA) is 148 Å². The zero-order valence-electron chi connectivity index (χ0n) is 20.2. The average molecular weight is 515 g/mol. The lowest BCUT2D eigenvalue weighted by molar-refractivity contribution is -0.383. The van der Waals surface area contributed by atoms with E-state index < -0.39 is 26.6 Å². The van der Waals surface area contributed by atoms with Crippen molar-refractivity contribution in [2.45, 2.75) is 18.7 Å². The molecule has 0 saturated heterocycles. The Kier molecular flexibility index (Phi) is 8.17. The number of nitrogens with zero attached hydrogens (tertiary/aromatic N) is 5. The Morgan fingerprint density at radius 3 is 2.31 bits per heavy atom. The normalized spacial score (nSPS) is 11.2. The molecule has 2 aromatic carbocycles. The molecule has 0 aliphatic rings. The Labute approximate surface area is 208 Å². The number of para-hydroxylation sites is 1. The van der Waals surface area contributed by atoms with Crippen LogP contribution in [0.4, 0.5) is 28.7 Å². The number of esters is 1. The van der Waals surface area contributed by atoms with Gasteiger partial charge in [-0.25, -0.2) is 23.2 Å². The third-order valence-electron chi connectivity index (χ3n) is 5.43. The minimum atomic E-state index is -3.65. The van der Waals surface area contributed by atoms with Crippen molar-refractivity contribution in [2.24, 2.45) is 0 Å². The maximum atomic E-state index is 12.7. The zero-order valence-corrected chi connectivity index (χ0v) is 21.0. The smallest absolute Gasteiger partial charge is 0.354 e. The van der Waals surface area contributed by atoms with E-state index in [1.54, 1.807) is 32.0 Å². The van der Waals surface area contributed by atoms with Gasteiger partial charge in [-0.05, 0) is 36.4 Å². The molecule has 0 amide bonds. The SMILES string of the molecule is CCN(CC)S(=O)(=O)c1ccc(Nc2ncnc(N(C)c3ccccc3C(=O)OC)c2[N+](=O)[O-])cc1. The van der Waals surface area contributed by atoms with E-state index in [1.807, 2.05) is 0 Å². The molecular weight excluding hydrogens is 488 g/mol. The van der Waals surface area contributed by atoms with Crippen molar-refractivity contribution in [3.05, 3.63) is 70.5 Å². The first kappa shape index (κ1) is 26.5. The predicted molar refractivity (Wildman–Crippen MR) is 134 cm³/mol. The van der Waals surface area contributed by atoms with Crippen molar-refractivity contribution < 1.29 is 22.9 Å². The van der Waals surface area contributed by atoms with Crippen LogP contribution >= 0.6 is 0 Å². The maximum Gasteiger partial charge on any atom is 0.354 e. The number of aromatic nitrogens is 2. The van der Waals surface area contributed by atoms with E-state index >= 15 is 0 Å². The molecule has 0 fully saturated rings. The van der Waals surface area contributed by atoms with Crippen LogP contribution in [0, 0.1) is 10.1 Å². The van der Waals surface area contributed by atoms with Crippen LogP contribution in [-0.4, -0.2) is 60.8 Å². The number of benzene rings is 2. The number of ether oxygens (including phenoxy) is 1. The van der Waals surface area contributed by atoms with Gasteiger partial charge in [-0.2, -0.15) is 4.31 Å². The first-order valence-electron chi connectivity index (χ1n) is 10.9. The fourth-order valence-electron chi connectivity index (χ4n) is 3.60. The van der Waals surface area contributed by atoms with Gasteiger partial charge in [-0.1, -0.05) is 26.0 Å². The van der Waals surface area contributed by atoms with Gasteiger partial charge in [-0.3, -0.25) is 10.1 Å². The van der Waals surface area contributed by atoms with Gasteiger partial charge in [0.05, 0.1) is 28.2 Å². The highest BCUT2D eigenvalue weighted by molar-refractivity contribution is 7.89. The van der Waals surface area contributed by atoms with Gasteiger partial charge in [0.25, 0.3) is 0 Å². The van der Waals surface area contributed by atoms with Gasteiger partial charge in [0.15, 0.2) is 0 Å². The molecule has 0 saturated carbocycles. The van der Waals surface area contributed by atoms with E-state index in [-0.39, 0.29) is 22.1 Å². The fraction of sp³-hybridized carbons (Fsp3) is 0.261. The van der Waals surface area contributed by atoms with Crippen molar-refractivity contribution in [3.63, 3.8) is 0 Å². The molecule has 12 nitrogen and oxygen atoms in total. The predicted octanol–water partition coefficient (Wildman–Crippen LogP) is 3.71. The number of rotatable bonds is 10. The summed E-state index contributed by atoms with van der Waals surface area (Å²) in [7, 11) is -0.869. The number of methoxy groups -OCH3 is 1. The molecule has 3 rings (SSSR count). The molecule has 0 spiro atoms. The fourth-order valence-corrected chi connectivity index (χ4v) is 5.05. The molecule has 0 aliphatic carbocycles. The average Bonchev–Trinajstić information content (AvgIpc) is 2.88. The number of anilines is 4. The van der Waals surface area contributed by atoms with Gasteiger partial charge in [-0.15, -0.1) is 0 Å². The van der Waals surface area contributed by atoms with Gasteiger partial charge < -0.3 is 15.0 Å². The number of nitrogens with one attached hydrogen (secondary N) is 1. The highest BCUT2D eigenvalue weighted by Crippen LogP contribution is 2.37. The Morgan fingerprint density at radius 1 is 1.08 bits per heavy atom. The van der Waals surface area contributed by atoms with E-state index in [9.17, 15) is 23.3 Å². The Morgan fingerprint density at radius 2 is 1.72 bits per heavy atom. The molecule has 1 aromatic heterocycles.